The van der Waals surface area contributed by atoms with Crippen molar-refractivity contribution in [2.45, 2.75) is 43.8 Å². The number of carbonyl (C=O) groups excluding carboxylic acids is 2. The molecule has 1 saturated carbocycles. The summed E-state index contributed by atoms with van der Waals surface area (Å²) in [5.41, 5.74) is 2.51. The van der Waals surface area contributed by atoms with Gasteiger partial charge in [0.2, 0.25) is 5.91 Å². The Balaban J connectivity index is 1.43. The molecule has 154 valence electrons. The molecule has 7 heteroatoms. The maximum atomic E-state index is 12.7. The zero-order valence-corrected chi connectivity index (χ0v) is 17.7. The smallest absolute Gasteiger partial charge is 0.224 e. The van der Waals surface area contributed by atoms with Crippen molar-refractivity contribution in [1.29, 1.82) is 0 Å². The minimum atomic E-state index is -0.0474. The Morgan fingerprint density at radius 3 is 2.47 bits per heavy atom. The number of nitrogens with one attached hydrogen (secondary N) is 1. The van der Waals surface area contributed by atoms with Gasteiger partial charge in [-0.2, -0.15) is 0 Å². The summed E-state index contributed by atoms with van der Waals surface area (Å²) in [5, 5.41) is 12.4. The third kappa shape index (κ3) is 4.97. The van der Waals surface area contributed by atoms with Crippen molar-refractivity contribution < 1.29 is 9.59 Å². The minimum absolute atomic E-state index is 0.0237. The SMILES string of the molecule is CCC(=O)Nc1ccc(C(=O)CSc2nnc(C3CC3)n2Cc2ccccc2)cc1. The lowest BCUT2D eigenvalue weighted by Crippen LogP contribution is -2.10. The molecule has 1 aliphatic rings. The third-order valence-corrected chi connectivity index (χ3v) is 5.98. The van der Waals surface area contributed by atoms with Gasteiger partial charge in [-0.3, -0.25) is 9.59 Å². The number of anilines is 1. The first-order valence-electron chi connectivity index (χ1n) is 10.2. The lowest BCUT2D eigenvalue weighted by atomic mass is 10.1. The van der Waals surface area contributed by atoms with Gasteiger partial charge in [0.05, 0.1) is 12.3 Å². The number of nitrogens with zero attached hydrogens (tertiary/aromatic N) is 3. The molecule has 6 nitrogen and oxygen atoms in total. The Morgan fingerprint density at radius 1 is 1.07 bits per heavy atom. The molecule has 0 spiro atoms. The van der Waals surface area contributed by atoms with Crippen LogP contribution in [0.25, 0.3) is 0 Å². The van der Waals surface area contributed by atoms with Gasteiger partial charge in [-0.1, -0.05) is 49.0 Å². The van der Waals surface area contributed by atoms with Gasteiger partial charge in [-0.05, 0) is 42.7 Å². The number of hydrogen-bond donors (Lipinski definition) is 1. The highest BCUT2D eigenvalue weighted by molar-refractivity contribution is 7.99. The first kappa shape index (κ1) is 20.3. The zero-order chi connectivity index (χ0) is 20.9. The van der Waals surface area contributed by atoms with Gasteiger partial charge in [-0.15, -0.1) is 10.2 Å². The van der Waals surface area contributed by atoms with Crippen LogP contribution in [0.4, 0.5) is 5.69 Å². The summed E-state index contributed by atoms with van der Waals surface area (Å²) >= 11 is 1.42. The van der Waals surface area contributed by atoms with Crippen LogP contribution < -0.4 is 5.32 Å². The molecule has 0 bridgehead atoms. The van der Waals surface area contributed by atoms with Crippen LogP contribution in [0.3, 0.4) is 0 Å². The summed E-state index contributed by atoms with van der Waals surface area (Å²) in [6.07, 6.45) is 2.72. The minimum Gasteiger partial charge on any atom is -0.326 e. The Kier molecular flexibility index (Phi) is 6.28. The lowest BCUT2D eigenvalue weighted by Gasteiger charge is -2.10. The average Bonchev–Trinajstić information content (AvgIpc) is 3.55. The van der Waals surface area contributed by atoms with Crippen molar-refractivity contribution in [3.8, 4) is 0 Å². The predicted molar refractivity (Wildman–Crippen MR) is 118 cm³/mol. The summed E-state index contributed by atoms with van der Waals surface area (Å²) in [6, 6.07) is 17.3. The second kappa shape index (κ2) is 9.26. The number of Topliss-reactive ketones (excluding diaryl/α,β-unsaturated/α-hetero) is 1. The average molecular weight is 421 g/mol. The first-order valence-corrected chi connectivity index (χ1v) is 11.2. The molecular formula is C23H24N4O2S. The molecule has 1 aromatic heterocycles. The Hall–Kier alpha value is -2.93. The maximum absolute atomic E-state index is 12.7. The van der Waals surface area contributed by atoms with E-state index in [2.05, 4.69) is 32.2 Å². The molecule has 2 aromatic carbocycles. The van der Waals surface area contributed by atoms with E-state index < -0.39 is 0 Å². The highest BCUT2D eigenvalue weighted by atomic mass is 32.2. The number of amides is 1. The molecule has 3 aromatic rings. The lowest BCUT2D eigenvalue weighted by molar-refractivity contribution is -0.115. The molecule has 0 atom stereocenters. The van der Waals surface area contributed by atoms with Crippen molar-refractivity contribution in [3.63, 3.8) is 0 Å². The maximum Gasteiger partial charge on any atom is 0.224 e. The Morgan fingerprint density at radius 2 is 1.80 bits per heavy atom. The second-order valence-electron chi connectivity index (χ2n) is 7.38. The highest BCUT2D eigenvalue weighted by Gasteiger charge is 2.30. The quantitative estimate of drug-likeness (QED) is 0.407. The van der Waals surface area contributed by atoms with Gasteiger partial charge >= 0.3 is 0 Å². The van der Waals surface area contributed by atoms with Crippen molar-refractivity contribution >= 4 is 29.1 Å². The molecule has 1 aliphatic carbocycles. The largest absolute Gasteiger partial charge is 0.326 e. The van der Waals surface area contributed by atoms with Crippen LogP contribution in [0.5, 0.6) is 0 Å². The van der Waals surface area contributed by atoms with Crippen LogP contribution >= 0.6 is 11.8 Å². The van der Waals surface area contributed by atoms with Crippen molar-refractivity contribution in [1.82, 2.24) is 14.8 Å². The molecule has 0 unspecified atom stereocenters. The molecule has 1 N–H and O–H groups in total. The number of carbonyl (C=O) groups is 2. The van der Waals surface area contributed by atoms with E-state index in [-0.39, 0.29) is 17.4 Å². The summed E-state index contributed by atoms with van der Waals surface area (Å²) in [6.45, 7) is 2.51. The highest BCUT2D eigenvalue weighted by Crippen LogP contribution is 2.40. The van der Waals surface area contributed by atoms with E-state index >= 15 is 0 Å². The molecule has 4 rings (SSSR count). The molecular weight excluding hydrogens is 396 g/mol. The van der Waals surface area contributed by atoms with E-state index in [1.807, 2.05) is 18.2 Å². The summed E-state index contributed by atoms with van der Waals surface area (Å²) < 4.78 is 2.15. The zero-order valence-electron chi connectivity index (χ0n) is 16.9. The fourth-order valence-electron chi connectivity index (χ4n) is 3.17. The van der Waals surface area contributed by atoms with Gasteiger partial charge < -0.3 is 9.88 Å². The number of thioether (sulfide) groups is 1. The predicted octanol–water partition coefficient (Wildman–Crippen LogP) is 4.53. The molecule has 1 fully saturated rings. The number of benzene rings is 2. The molecule has 0 radical (unpaired) electrons. The van der Waals surface area contributed by atoms with E-state index in [4.69, 9.17) is 0 Å². The van der Waals surface area contributed by atoms with Crippen LogP contribution in [0.2, 0.25) is 0 Å². The van der Waals surface area contributed by atoms with E-state index in [0.717, 1.165) is 23.8 Å². The van der Waals surface area contributed by atoms with Crippen LogP contribution in [-0.4, -0.2) is 32.2 Å². The van der Waals surface area contributed by atoms with Gasteiger partial charge in [-0.25, -0.2) is 0 Å². The van der Waals surface area contributed by atoms with Crippen LogP contribution in [-0.2, 0) is 11.3 Å². The monoisotopic (exact) mass is 420 g/mol. The number of ketones is 1. The molecule has 1 amide bonds. The normalized spacial score (nSPS) is 13.2. The first-order chi connectivity index (χ1) is 14.6. The standard InChI is InChI=1S/C23H24N4O2S/c1-2-21(29)24-19-12-10-17(11-13-19)20(28)15-30-23-26-25-22(18-8-9-18)27(23)14-16-6-4-3-5-7-16/h3-7,10-13,18H,2,8-9,14-15H2,1H3,(H,24,29). The van der Waals surface area contributed by atoms with Crippen LogP contribution in [0, 0.1) is 0 Å². The van der Waals surface area contributed by atoms with E-state index in [1.165, 1.54) is 17.3 Å². The summed E-state index contributed by atoms with van der Waals surface area (Å²) in [4.78, 5) is 24.1. The van der Waals surface area contributed by atoms with Gasteiger partial charge in [0.25, 0.3) is 0 Å². The summed E-state index contributed by atoms with van der Waals surface area (Å²) in [5.74, 6) is 1.77. The molecule has 1 heterocycles. The Bertz CT molecular complexity index is 1030. The van der Waals surface area contributed by atoms with E-state index in [0.29, 0.717) is 30.1 Å². The van der Waals surface area contributed by atoms with Crippen LogP contribution in [0.15, 0.2) is 59.8 Å². The van der Waals surface area contributed by atoms with E-state index in [1.54, 1.807) is 31.2 Å². The van der Waals surface area contributed by atoms with Gasteiger partial charge in [0.1, 0.15) is 5.82 Å². The third-order valence-electron chi connectivity index (χ3n) is 5.02. The molecule has 0 aliphatic heterocycles. The Labute approximate surface area is 180 Å². The molecule has 30 heavy (non-hydrogen) atoms. The fourth-order valence-corrected chi connectivity index (χ4v) is 4.01. The van der Waals surface area contributed by atoms with Crippen molar-refractivity contribution in [2.75, 3.05) is 11.1 Å². The number of hydrogen-bond acceptors (Lipinski definition) is 5. The number of aromatic nitrogens is 3. The van der Waals surface area contributed by atoms with Gasteiger partial charge in [0.15, 0.2) is 10.9 Å². The van der Waals surface area contributed by atoms with E-state index in [9.17, 15) is 9.59 Å². The second-order valence-corrected chi connectivity index (χ2v) is 8.32. The van der Waals surface area contributed by atoms with Crippen LogP contribution in [0.1, 0.15) is 53.8 Å². The topological polar surface area (TPSA) is 76.9 Å². The van der Waals surface area contributed by atoms with Crippen molar-refractivity contribution in [2.24, 2.45) is 0 Å². The summed E-state index contributed by atoms with van der Waals surface area (Å²) in [7, 11) is 0. The van der Waals surface area contributed by atoms with Crippen molar-refractivity contribution in [3.05, 3.63) is 71.5 Å². The fraction of sp³-hybridized carbons (Fsp3) is 0.304. The van der Waals surface area contributed by atoms with Gasteiger partial charge in [0, 0.05) is 23.6 Å². The molecule has 0 saturated heterocycles. The number of rotatable bonds is 9.